The molecule has 3 aromatic rings. The maximum atomic E-state index is 4.71. The maximum absolute atomic E-state index is 4.71. The van der Waals surface area contributed by atoms with Crippen molar-refractivity contribution in [2.45, 2.75) is 18.9 Å². The van der Waals surface area contributed by atoms with Crippen LogP contribution >= 0.6 is 11.3 Å². The third-order valence-corrected chi connectivity index (χ3v) is 4.55. The maximum Gasteiger partial charge on any atom is 0.214 e. The van der Waals surface area contributed by atoms with Gasteiger partial charge in [0.25, 0.3) is 0 Å². The first-order chi connectivity index (χ1) is 9.33. The number of imidazole rings is 1. The summed E-state index contributed by atoms with van der Waals surface area (Å²) in [6.07, 6.45) is 4.46. The van der Waals surface area contributed by atoms with Crippen LogP contribution in [-0.4, -0.2) is 27.7 Å². The Morgan fingerprint density at radius 3 is 2.79 bits per heavy atom. The van der Waals surface area contributed by atoms with E-state index in [0.29, 0.717) is 6.04 Å². The fourth-order valence-electron chi connectivity index (χ4n) is 2.25. The monoisotopic (exact) mass is 270 g/mol. The molecule has 1 aliphatic rings. The summed E-state index contributed by atoms with van der Waals surface area (Å²) >= 11 is 1.66. The van der Waals surface area contributed by atoms with Crippen molar-refractivity contribution in [1.29, 1.82) is 0 Å². The van der Waals surface area contributed by atoms with E-state index >= 15 is 0 Å². The Hall–Kier alpha value is -1.88. The highest BCUT2D eigenvalue weighted by molar-refractivity contribution is 7.20. The lowest BCUT2D eigenvalue weighted by molar-refractivity contribution is 0.868. The van der Waals surface area contributed by atoms with Crippen LogP contribution in [0, 0.1) is 0 Å². The van der Waals surface area contributed by atoms with E-state index in [1.807, 2.05) is 28.9 Å². The zero-order valence-corrected chi connectivity index (χ0v) is 11.5. The fourth-order valence-corrected chi connectivity index (χ4v) is 3.16. The van der Waals surface area contributed by atoms with Crippen LogP contribution in [0.1, 0.15) is 12.8 Å². The first-order valence-electron chi connectivity index (χ1n) is 6.46. The molecule has 1 aromatic carbocycles. The van der Waals surface area contributed by atoms with Gasteiger partial charge >= 0.3 is 0 Å². The van der Waals surface area contributed by atoms with Gasteiger partial charge in [0.15, 0.2) is 0 Å². The van der Waals surface area contributed by atoms with Crippen LogP contribution in [0.2, 0.25) is 0 Å². The molecule has 96 valence electrons. The van der Waals surface area contributed by atoms with Gasteiger partial charge in [-0.1, -0.05) is 41.7 Å². The molecule has 2 heterocycles. The molecular formula is C14H14N4S. The first kappa shape index (κ1) is 11.0. The second kappa shape index (κ2) is 4.06. The van der Waals surface area contributed by atoms with Crippen LogP contribution in [0.25, 0.3) is 16.2 Å². The van der Waals surface area contributed by atoms with Gasteiger partial charge in [0.2, 0.25) is 10.1 Å². The minimum absolute atomic E-state index is 0.677. The molecule has 2 aromatic heterocycles. The molecule has 19 heavy (non-hydrogen) atoms. The number of rotatable bonds is 3. The van der Waals surface area contributed by atoms with Gasteiger partial charge in [0.05, 0.1) is 11.9 Å². The van der Waals surface area contributed by atoms with Crippen LogP contribution in [-0.2, 0) is 0 Å². The highest BCUT2D eigenvalue weighted by Gasteiger charge is 2.28. The second-order valence-electron chi connectivity index (χ2n) is 4.93. The summed E-state index contributed by atoms with van der Waals surface area (Å²) in [5.41, 5.74) is 2.21. The van der Waals surface area contributed by atoms with Crippen molar-refractivity contribution < 1.29 is 0 Å². The minimum Gasteiger partial charge on any atom is -0.347 e. The van der Waals surface area contributed by atoms with E-state index in [2.05, 4.69) is 29.1 Å². The number of fused-ring (bicyclic) bond motifs is 1. The predicted molar refractivity (Wildman–Crippen MR) is 77.7 cm³/mol. The Labute approximate surface area is 115 Å². The number of hydrogen-bond acceptors (Lipinski definition) is 4. The molecule has 4 nitrogen and oxygen atoms in total. The van der Waals surface area contributed by atoms with E-state index in [1.54, 1.807) is 11.3 Å². The Morgan fingerprint density at radius 1 is 1.26 bits per heavy atom. The summed E-state index contributed by atoms with van der Waals surface area (Å²) < 4.78 is 1.95. The van der Waals surface area contributed by atoms with Gasteiger partial charge in [0.1, 0.15) is 0 Å². The number of hydrogen-bond donors (Lipinski definition) is 0. The third kappa shape index (κ3) is 1.81. The molecule has 0 bridgehead atoms. The molecular weight excluding hydrogens is 256 g/mol. The topological polar surface area (TPSA) is 33.4 Å². The molecule has 1 fully saturated rings. The van der Waals surface area contributed by atoms with Gasteiger partial charge in [-0.25, -0.2) is 9.50 Å². The highest BCUT2D eigenvalue weighted by Crippen LogP contribution is 2.33. The van der Waals surface area contributed by atoms with E-state index in [1.165, 1.54) is 12.8 Å². The van der Waals surface area contributed by atoms with E-state index < -0.39 is 0 Å². The molecule has 0 N–H and O–H groups in total. The lowest BCUT2D eigenvalue weighted by atomic mass is 10.2. The lowest BCUT2D eigenvalue weighted by Crippen LogP contribution is -2.19. The summed E-state index contributed by atoms with van der Waals surface area (Å²) in [6.45, 7) is 0. The van der Waals surface area contributed by atoms with Crippen LogP contribution in [0.4, 0.5) is 5.13 Å². The van der Waals surface area contributed by atoms with E-state index in [-0.39, 0.29) is 0 Å². The Morgan fingerprint density at radius 2 is 2.05 bits per heavy atom. The molecule has 0 spiro atoms. The van der Waals surface area contributed by atoms with Crippen molar-refractivity contribution in [3.8, 4) is 11.3 Å². The van der Waals surface area contributed by atoms with Crippen LogP contribution in [0.15, 0.2) is 36.5 Å². The molecule has 4 rings (SSSR count). The SMILES string of the molecule is CN(c1nn2c(-c3ccccc3)cnc2s1)C1CC1. The molecule has 0 saturated heterocycles. The predicted octanol–water partition coefficient (Wildman–Crippen LogP) is 3.06. The summed E-state index contributed by atoms with van der Waals surface area (Å²) in [4.78, 5) is 7.70. The molecule has 1 saturated carbocycles. The molecule has 0 radical (unpaired) electrons. The first-order valence-corrected chi connectivity index (χ1v) is 7.27. The highest BCUT2D eigenvalue weighted by atomic mass is 32.1. The average molecular weight is 270 g/mol. The van der Waals surface area contributed by atoms with Crippen molar-refractivity contribution in [2.24, 2.45) is 0 Å². The van der Waals surface area contributed by atoms with Gasteiger partial charge in [-0.15, -0.1) is 5.10 Å². The summed E-state index contributed by atoms with van der Waals surface area (Å²) in [5.74, 6) is 0. The molecule has 1 aliphatic carbocycles. The van der Waals surface area contributed by atoms with Gasteiger partial charge in [0, 0.05) is 18.7 Å². The summed E-state index contributed by atoms with van der Waals surface area (Å²) in [7, 11) is 2.12. The largest absolute Gasteiger partial charge is 0.347 e. The average Bonchev–Trinajstić information content (AvgIpc) is 3.09. The lowest BCUT2D eigenvalue weighted by Gasteiger charge is -2.12. The summed E-state index contributed by atoms with van der Waals surface area (Å²) in [5, 5.41) is 5.77. The van der Waals surface area contributed by atoms with Crippen molar-refractivity contribution in [1.82, 2.24) is 14.6 Å². The number of nitrogens with zero attached hydrogens (tertiary/aromatic N) is 4. The molecule has 0 atom stereocenters. The van der Waals surface area contributed by atoms with E-state index in [9.17, 15) is 0 Å². The Bertz CT molecular complexity index is 711. The van der Waals surface area contributed by atoms with Crippen molar-refractivity contribution in [3.63, 3.8) is 0 Å². The van der Waals surface area contributed by atoms with E-state index in [4.69, 9.17) is 5.10 Å². The zero-order valence-electron chi connectivity index (χ0n) is 10.7. The fraction of sp³-hybridized carbons (Fsp3) is 0.286. The van der Waals surface area contributed by atoms with E-state index in [0.717, 1.165) is 21.3 Å². The normalized spacial score (nSPS) is 15.0. The smallest absolute Gasteiger partial charge is 0.214 e. The van der Waals surface area contributed by atoms with Crippen molar-refractivity contribution in [3.05, 3.63) is 36.5 Å². The minimum atomic E-state index is 0.677. The quantitative estimate of drug-likeness (QED) is 0.733. The van der Waals surface area contributed by atoms with Gasteiger partial charge < -0.3 is 4.90 Å². The Kier molecular flexibility index (Phi) is 2.35. The van der Waals surface area contributed by atoms with Crippen LogP contribution in [0.5, 0.6) is 0 Å². The van der Waals surface area contributed by atoms with Crippen molar-refractivity contribution in [2.75, 3.05) is 11.9 Å². The standard InChI is InChI=1S/C14H14N4S/c1-17(11-7-8-11)14-16-18-12(9-15-13(18)19-14)10-5-3-2-4-6-10/h2-6,9,11H,7-8H2,1H3. The van der Waals surface area contributed by atoms with Gasteiger partial charge in [-0.05, 0) is 12.8 Å². The van der Waals surface area contributed by atoms with Crippen molar-refractivity contribution >= 4 is 21.4 Å². The molecule has 5 heteroatoms. The zero-order chi connectivity index (χ0) is 12.8. The molecule has 0 unspecified atom stereocenters. The second-order valence-corrected chi connectivity index (χ2v) is 5.86. The van der Waals surface area contributed by atoms with Crippen LogP contribution < -0.4 is 4.90 Å². The van der Waals surface area contributed by atoms with Gasteiger partial charge in [-0.3, -0.25) is 0 Å². The molecule has 0 amide bonds. The number of aromatic nitrogens is 3. The Balaban J connectivity index is 1.80. The van der Waals surface area contributed by atoms with Crippen LogP contribution in [0.3, 0.4) is 0 Å². The number of benzene rings is 1. The number of anilines is 1. The molecule has 0 aliphatic heterocycles. The third-order valence-electron chi connectivity index (χ3n) is 3.54. The summed E-state index contributed by atoms with van der Waals surface area (Å²) in [6, 6.07) is 11.0. The van der Waals surface area contributed by atoms with Gasteiger partial charge in [-0.2, -0.15) is 0 Å².